The summed E-state index contributed by atoms with van der Waals surface area (Å²) in [5.74, 6) is 0.478. The number of hydrogen-bond donors (Lipinski definition) is 1. The third kappa shape index (κ3) is 3.31. The fourth-order valence-corrected chi connectivity index (χ4v) is 3.73. The minimum absolute atomic E-state index is 0.0867. The van der Waals surface area contributed by atoms with E-state index >= 15 is 0 Å². The van der Waals surface area contributed by atoms with Gasteiger partial charge in [-0.2, -0.15) is 0 Å². The van der Waals surface area contributed by atoms with Crippen LogP contribution in [0.5, 0.6) is 0 Å². The Morgan fingerprint density at radius 3 is 2.56 bits per heavy atom. The first-order valence-corrected chi connectivity index (χ1v) is 9.02. The number of carbonyl (C=O) groups is 1. The number of aromatic nitrogens is 1. The molecule has 2 aromatic rings. The van der Waals surface area contributed by atoms with E-state index in [-0.39, 0.29) is 17.4 Å². The summed E-state index contributed by atoms with van der Waals surface area (Å²) in [7, 11) is 0. The van der Waals surface area contributed by atoms with Crippen LogP contribution in [0.4, 0.5) is 0 Å². The molecule has 2 heterocycles. The number of nitrogens with zero attached hydrogens (tertiary/aromatic N) is 1. The van der Waals surface area contributed by atoms with Crippen molar-refractivity contribution < 1.29 is 9.53 Å². The first kappa shape index (κ1) is 16.3. The number of amides is 1. The van der Waals surface area contributed by atoms with E-state index in [1.165, 1.54) is 11.1 Å². The second kappa shape index (κ2) is 6.60. The first-order chi connectivity index (χ1) is 12.2. The molecule has 1 aliphatic heterocycles. The van der Waals surface area contributed by atoms with E-state index in [1.54, 1.807) is 0 Å². The van der Waals surface area contributed by atoms with Crippen molar-refractivity contribution in [2.45, 2.75) is 37.6 Å². The lowest BCUT2D eigenvalue weighted by Crippen LogP contribution is -2.45. The van der Waals surface area contributed by atoms with Gasteiger partial charge in [-0.05, 0) is 49.4 Å². The summed E-state index contributed by atoms with van der Waals surface area (Å²) in [6.07, 6.45) is 6.41. The Kier molecular flexibility index (Phi) is 4.30. The predicted octanol–water partition coefficient (Wildman–Crippen LogP) is 2.80. The van der Waals surface area contributed by atoms with E-state index in [4.69, 9.17) is 4.74 Å². The number of aryl methyl sites for hydroxylation is 1. The van der Waals surface area contributed by atoms with E-state index in [9.17, 15) is 4.79 Å². The summed E-state index contributed by atoms with van der Waals surface area (Å²) in [5.41, 5.74) is 3.28. The highest BCUT2D eigenvalue weighted by atomic mass is 16.5. The molecule has 25 heavy (non-hydrogen) atoms. The minimum Gasteiger partial charge on any atom is -0.379 e. The molecule has 1 saturated carbocycles. The van der Waals surface area contributed by atoms with Crippen molar-refractivity contribution in [2.75, 3.05) is 13.2 Å². The van der Waals surface area contributed by atoms with Gasteiger partial charge in [0.05, 0.1) is 24.7 Å². The summed E-state index contributed by atoms with van der Waals surface area (Å²) in [5, 5.41) is 3.29. The zero-order valence-corrected chi connectivity index (χ0v) is 14.6. The lowest BCUT2D eigenvalue weighted by molar-refractivity contribution is -0.124. The summed E-state index contributed by atoms with van der Waals surface area (Å²) >= 11 is 0. The van der Waals surface area contributed by atoms with Gasteiger partial charge in [0.15, 0.2) is 0 Å². The van der Waals surface area contributed by atoms with Crippen LogP contribution in [0.3, 0.4) is 0 Å². The highest BCUT2D eigenvalue weighted by molar-refractivity contribution is 5.91. The number of benzene rings is 1. The molecule has 130 valence electrons. The normalized spacial score (nSPS) is 24.0. The van der Waals surface area contributed by atoms with Crippen LogP contribution in [0, 0.1) is 12.8 Å². The number of ether oxygens (including phenoxy) is 1. The van der Waals surface area contributed by atoms with Crippen LogP contribution in [0.1, 0.15) is 29.5 Å². The maximum absolute atomic E-state index is 13.0. The zero-order chi connectivity index (χ0) is 17.3. The highest BCUT2D eigenvalue weighted by Crippen LogP contribution is 2.48. The molecule has 1 N–H and O–H groups in total. The minimum atomic E-state index is -0.322. The second-order valence-electron chi connectivity index (χ2n) is 7.39. The summed E-state index contributed by atoms with van der Waals surface area (Å²) in [6, 6.07) is 12.5. The van der Waals surface area contributed by atoms with Gasteiger partial charge in [-0.25, -0.2) is 0 Å². The van der Waals surface area contributed by atoms with Crippen molar-refractivity contribution in [1.82, 2.24) is 10.3 Å². The topological polar surface area (TPSA) is 51.2 Å². The zero-order valence-electron chi connectivity index (χ0n) is 14.6. The lowest BCUT2D eigenvalue weighted by atomic mass is 9.91. The van der Waals surface area contributed by atoms with Gasteiger partial charge in [-0.15, -0.1) is 0 Å². The monoisotopic (exact) mass is 336 g/mol. The second-order valence-corrected chi connectivity index (χ2v) is 7.39. The SMILES string of the molecule is Cc1ccc(C2(C(=O)N[C@H]3COC[C@H]3Cc3ccncc3)CC2)cc1. The molecule has 0 spiro atoms. The maximum Gasteiger partial charge on any atom is 0.230 e. The van der Waals surface area contributed by atoms with Gasteiger partial charge in [0.25, 0.3) is 0 Å². The van der Waals surface area contributed by atoms with E-state index < -0.39 is 0 Å². The first-order valence-electron chi connectivity index (χ1n) is 9.02. The molecule has 0 radical (unpaired) electrons. The molecule has 1 aromatic carbocycles. The van der Waals surface area contributed by atoms with Crippen LogP contribution in [0.2, 0.25) is 0 Å². The Hall–Kier alpha value is -2.20. The molecule has 0 bridgehead atoms. The highest BCUT2D eigenvalue weighted by Gasteiger charge is 2.52. The largest absolute Gasteiger partial charge is 0.379 e. The molecule has 4 nitrogen and oxygen atoms in total. The molecule has 1 aliphatic carbocycles. The maximum atomic E-state index is 13.0. The molecule has 2 fully saturated rings. The van der Waals surface area contributed by atoms with Gasteiger partial charge >= 0.3 is 0 Å². The van der Waals surface area contributed by atoms with E-state index in [2.05, 4.69) is 41.5 Å². The van der Waals surface area contributed by atoms with Gasteiger partial charge in [0, 0.05) is 18.3 Å². The van der Waals surface area contributed by atoms with Gasteiger partial charge in [-0.3, -0.25) is 9.78 Å². The quantitative estimate of drug-likeness (QED) is 0.913. The third-order valence-corrected chi connectivity index (χ3v) is 5.55. The molecule has 1 aromatic heterocycles. The average molecular weight is 336 g/mol. The number of carbonyl (C=O) groups excluding carboxylic acids is 1. The van der Waals surface area contributed by atoms with Gasteiger partial charge in [0.2, 0.25) is 5.91 Å². The number of rotatable bonds is 5. The average Bonchev–Trinajstić information content (AvgIpc) is 3.34. The molecule has 0 unspecified atom stereocenters. The van der Waals surface area contributed by atoms with Crippen molar-refractivity contribution in [3.63, 3.8) is 0 Å². The molecule has 2 aliphatic rings. The van der Waals surface area contributed by atoms with E-state index in [0.717, 1.165) is 24.8 Å². The smallest absolute Gasteiger partial charge is 0.230 e. The fourth-order valence-electron chi connectivity index (χ4n) is 3.73. The van der Waals surface area contributed by atoms with Crippen LogP contribution < -0.4 is 5.32 Å². The Morgan fingerprint density at radius 1 is 1.16 bits per heavy atom. The van der Waals surface area contributed by atoms with E-state index in [1.807, 2.05) is 24.5 Å². The van der Waals surface area contributed by atoms with Crippen molar-refractivity contribution in [3.8, 4) is 0 Å². The van der Waals surface area contributed by atoms with Crippen molar-refractivity contribution >= 4 is 5.91 Å². The van der Waals surface area contributed by atoms with Crippen molar-refractivity contribution in [3.05, 3.63) is 65.5 Å². The Labute approximate surface area is 148 Å². The van der Waals surface area contributed by atoms with Crippen LogP contribution >= 0.6 is 0 Å². The molecular formula is C21H24N2O2. The molecule has 4 rings (SSSR count). The standard InChI is InChI=1S/C21H24N2O2/c1-15-2-4-18(5-3-15)21(8-9-21)20(24)23-19-14-25-13-17(19)12-16-6-10-22-11-7-16/h2-7,10-11,17,19H,8-9,12-14H2,1H3,(H,23,24)/t17-,19+/m1/s1. The summed E-state index contributed by atoms with van der Waals surface area (Å²) in [4.78, 5) is 17.1. The van der Waals surface area contributed by atoms with Crippen molar-refractivity contribution in [2.24, 2.45) is 5.92 Å². The van der Waals surface area contributed by atoms with Gasteiger partial charge in [0.1, 0.15) is 0 Å². The van der Waals surface area contributed by atoms with Gasteiger partial charge < -0.3 is 10.1 Å². The van der Waals surface area contributed by atoms with Crippen LogP contribution in [-0.2, 0) is 21.4 Å². The number of hydrogen-bond acceptors (Lipinski definition) is 3. The van der Waals surface area contributed by atoms with Gasteiger partial charge in [-0.1, -0.05) is 29.8 Å². The van der Waals surface area contributed by atoms with Crippen LogP contribution in [-0.4, -0.2) is 30.1 Å². The molecule has 1 amide bonds. The van der Waals surface area contributed by atoms with Crippen LogP contribution in [0.15, 0.2) is 48.8 Å². The number of pyridine rings is 1. The molecule has 1 saturated heterocycles. The number of nitrogens with one attached hydrogen (secondary N) is 1. The van der Waals surface area contributed by atoms with E-state index in [0.29, 0.717) is 19.1 Å². The Balaban J connectivity index is 1.44. The summed E-state index contributed by atoms with van der Waals surface area (Å²) in [6.45, 7) is 3.37. The molecular weight excluding hydrogens is 312 g/mol. The predicted molar refractivity (Wildman–Crippen MR) is 96.3 cm³/mol. The third-order valence-electron chi connectivity index (χ3n) is 5.55. The van der Waals surface area contributed by atoms with Crippen LogP contribution in [0.25, 0.3) is 0 Å². The lowest BCUT2D eigenvalue weighted by Gasteiger charge is -2.23. The fraction of sp³-hybridized carbons (Fsp3) is 0.429. The Bertz CT molecular complexity index is 738. The molecule has 2 atom stereocenters. The molecule has 4 heteroatoms. The van der Waals surface area contributed by atoms with Crippen molar-refractivity contribution in [1.29, 1.82) is 0 Å². The Morgan fingerprint density at radius 2 is 1.88 bits per heavy atom. The summed E-state index contributed by atoms with van der Waals surface area (Å²) < 4.78 is 5.67.